The van der Waals surface area contributed by atoms with Gasteiger partial charge < -0.3 is 5.11 Å². The smallest absolute Gasteiger partial charge is 0.343 e. The Morgan fingerprint density at radius 1 is 1.53 bits per heavy atom. The SMILES string of the molecule is CCCn1c(Sc2ncc(CO)cc2C)n[nH]c1=O. The van der Waals surface area contributed by atoms with Crippen LogP contribution in [0.5, 0.6) is 0 Å². The molecule has 2 aromatic heterocycles. The molecule has 0 fully saturated rings. The van der Waals surface area contributed by atoms with Crippen LogP contribution in [0.1, 0.15) is 24.5 Å². The van der Waals surface area contributed by atoms with Gasteiger partial charge in [0.25, 0.3) is 0 Å². The second-order valence-electron chi connectivity index (χ2n) is 4.19. The normalized spacial score (nSPS) is 10.9. The summed E-state index contributed by atoms with van der Waals surface area (Å²) >= 11 is 1.35. The van der Waals surface area contributed by atoms with E-state index in [0.717, 1.165) is 22.6 Å². The van der Waals surface area contributed by atoms with E-state index in [0.29, 0.717) is 11.7 Å². The van der Waals surface area contributed by atoms with Crippen LogP contribution in [-0.4, -0.2) is 24.9 Å². The van der Waals surface area contributed by atoms with E-state index in [4.69, 9.17) is 5.11 Å². The Hall–Kier alpha value is -1.60. The van der Waals surface area contributed by atoms with Gasteiger partial charge in [0.05, 0.1) is 6.61 Å². The Kier molecular flexibility index (Phi) is 4.39. The topological polar surface area (TPSA) is 83.8 Å². The van der Waals surface area contributed by atoms with Gasteiger partial charge in [0.1, 0.15) is 5.03 Å². The molecule has 0 unspecified atom stereocenters. The molecular weight excluding hydrogens is 264 g/mol. The van der Waals surface area contributed by atoms with Gasteiger partial charge in [-0.3, -0.25) is 4.57 Å². The van der Waals surface area contributed by atoms with Crippen LogP contribution in [0.15, 0.2) is 27.2 Å². The quantitative estimate of drug-likeness (QED) is 0.863. The van der Waals surface area contributed by atoms with Gasteiger partial charge in [-0.05, 0) is 42.3 Å². The largest absolute Gasteiger partial charge is 0.392 e. The van der Waals surface area contributed by atoms with Crippen molar-refractivity contribution in [3.63, 3.8) is 0 Å². The molecule has 0 atom stereocenters. The first kappa shape index (κ1) is 13.8. The maximum atomic E-state index is 11.6. The van der Waals surface area contributed by atoms with Crippen LogP contribution in [0.2, 0.25) is 0 Å². The number of pyridine rings is 1. The zero-order valence-electron chi connectivity index (χ0n) is 10.9. The minimum Gasteiger partial charge on any atom is -0.392 e. The number of aliphatic hydroxyl groups excluding tert-OH is 1. The standard InChI is InChI=1S/C12H16N4O2S/c1-3-4-16-11(18)14-15-12(16)19-10-8(2)5-9(7-17)6-13-10/h5-6,17H,3-4,7H2,1-2H3,(H,14,18). The molecule has 0 aromatic carbocycles. The number of nitrogens with one attached hydrogen (secondary N) is 1. The average Bonchev–Trinajstić information content (AvgIpc) is 2.74. The molecule has 7 heteroatoms. The maximum Gasteiger partial charge on any atom is 0.343 e. The summed E-state index contributed by atoms with van der Waals surface area (Å²) in [6, 6.07) is 1.88. The third kappa shape index (κ3) is 3.05. The van der Waals surface area contributed by atoms with Crippen molar-refractivity contribution in [2.24, 2.45) is 0 Å². The summed E-state index contributed by atoms with van der Waals surface area (Å²) < 4.78 is 1.60. The zero-order valence-corrected chi connectivity index (χ0v) is 11.7. The highest BCUT2D eigenvalue weighted by atomic mass is 32.2. The average molecular weight is 280 g/mol. The lowest BCUT2D eigenvalue weighted by atomic mass is 10.2. The van der Waals surface area contributed by atoms with E-state index >= 15 is 0 Å². The molecule has 0 amide bonds. The van der Waals surface area contributed by atoms with E-state index in [1.54, 1.807) is 10.8 Å². The van der Waals surface area contributed by atoms with Crippen molar-refractivity contribution in [2.75, 3.05) is 0 Å². The second kappa shape index (κ2) is 6.03. The number of hydrogen-bond acceptors (Lipinski definition) is 5. The molecule has 2 N–H and O–H groups in total. The van der Waals surface area contributed by atoms with Gasteiger partial charge >= 0.3 is 5.69 Å². The first-order valence-electron chi connectivity index (χ1n) is 6.05. The summed E-state index contributed by atoms with van der Waals surface area (Å²) in [6.07, 6.45) is 2.49. The molecule has 2 rings (SSSR count). The predicted octanol–water partition coefficient (Wildman–Crippen LogP) is 1.33. The van der Waals surface area contributed by atoms with Crippen LogP contribution in [0.4, 0.5) is 0 Å². The minimum atomic E-state index is -0.200. The van der Waals surface area contributed by atoms with Crippen LogP contribution in [0.25, 0.3) is 0 Å². The highest BCUT2D eigenvalue weighted by Crippen LogP contribution is 2.26. The zero-order chi connectivity index (χ0) is 13.8. The molecule has 0 radical (unpaired) electrons. The lowest BCUT2D eigenvalue weighted by Crippen LogP contribution is -2.17. The molecular formula is C12H16N4O2S. The summed E-state index contributed by atoms with van der Waals surface area (Å²) in [4.78, 5) is 15.9. The van der Waals surface area contributed by atoms with Gasteiger partial charge in [-0.25, -0.2) is 14.9 Å². The number of aliphatic hydroxyl groups is 1. The molecule has 0 aliphatic rings. The van der Waals surface area contributed by atoms with Gasteiger partial charge in [-0.1, -0.05) is 6.92 Å². The highest BCUT2D eigenvalue weighted by Gasteiger charge is 2.11. The maximum absolute atomic E-state index is 11.6. The number of aromatic amines is 1. The molecule has 0 aliphatic carbocycles. The van der Waals surface area contributed by atoms with Crippen molar-refractivity contribution < 1.29 is 5.11 Å². The van der Waals surface area contributed by atoms with Crippen molar-refractivity contribution in [3.05, 3.63) is 33.9 Å². The fourth-order valence-electron chi connectivity index (χ4n) is 1.70. The second-order valence-corrected chi connectivity index (χ2v) is 5.14. The van der Waals surface area contributed by atoms with E-state index in [2.05, 4.69) is 15.2 Å². The third-order valence-electron chi connectivity index (χ3n) is 2.63. The van der Waals surface area contributed by atoms with Crippen LogP contribution >= 0.6 is 11.8 Å². The van der Waals surface area contributed by atoms with Crippen molar-refractivity contribution in [2.45, 2.75) is 43.6 Å². The summed E-state index contributed by atoms with van der Waals surface area (Å²) in [5.74, 6) is 0. The Bertz CT molecular complexity index is 620. The molecule has 0 saturated heterocycles. The minimum absolute atomic E-state index is 0.0261. The number of aromatic nitrogens is 4. The number of rotatable bonds is 5. The van der Waals surface area contributed by atoms with Crippen molar-refractivity contribution >= 4 is 11.8 Å². The molecule has 0 spiro atoms. The Morgan fingerprint density at radius 3 is 2.95 bits per heavy atom. The first-order valence-corrected chi connectivity index (χ1v) is 6.86. The number of nitrogens with zero attached hydrogens (tertiary/aromatic N) is 3. The van der Waals surface area contributed by atoms with Gasteiger partial charge in [-0.15, -0.1) is 5.10 Å². The van der Waals surface area contributed by atoms with E-state index in [1.165, 1.54) is 11.8 Å². The summed E-state index contributed by atoms with van der Waals surface area (Å²) in [5, 5.41) is 16.9. The third-order valence-corrected chi connectivity index (χ3v) is 3.74. The van der Waals surface area contributed by atoms with E-state index in [-0.39, 0.29) is 12.3 Å². The number of aryl methyl sites for hydroxylation is 1. The molecule has 0 aliphatic heterocycles. The van der Waals surface area contributed by atoms with Gasteiger partial charge in [0.2, 0.25) is 0 Å². The number of hydrogen-bond donors (Lipinski definition) is 2. The molecule has 6 nitrogen and oxygen atoms in total. The van der Waals surface area contributed by atoms with Crippen LogP contribution < -0.4 is 5.69 Å². The summed E-state index contributed by atoms with van der Waals surface area (Å²) in [7, 11) is 0. The Balaban J connectivity index is 2.28. The van der Waals surface area contributed by atoms with Crippen molar-refractivity contribution in [1.82, 2.24) is 19.7 Å². The molecule has 0 bridgehead atoms. The lowest BCUT2D eigenvalue weighted by molar-refractivity contribution is 0.281. The molecule has 102 valence electrons. The summed E-state index contributed by atoms with van der Waals surface area (Å²) in [5.41, 5.74) is 1.53. The summed E-state index contributed by atoms with van der Waals surface area (Å²) in [6.45, 7) is 4.53. The Labute approximate surface area is 114 Å². The van der Waals surface area contributed by atoms with Gasteiger partial charge in [0.15, 0.2) is 5.16 Å². The van der Waals surface area contributed by atoms with Crippen molar-refractivity contribution in [3.8, 4) is 0 Å². The molecule has 19 heavy (non-hydrogen) atoms. The van der Waals surface area contributed by atoms with Gasteiger partial charge in [0, 0.05) is 12.7 Å². The predicted molar refractivity (Wildman–Crippen MR) is 72.2 cm³/mol. The van der Waals surface area contributed by atoms with Crippen LogP contribution in [-0.2, 0) is 13.2 Å². The first-order chi connectivity index (χ1) is 9.15. The van der Waals surface area contributed by atoms with Crippen LogP contribution in [0.3, 0.4) is 0 Å². The van der Waals surface area contributed by atoms with E-state index in [1.807, 2.05) is 19.9 Å². The fraction of sp³-hybridized carbons (Fsp3) is 0.417. The van der Waals surface area contributed by atoms with E-state index in [9.17, 15) is 4.79 Å². The fourth-order valence-corrected chi connectivity index (χ4v) is 2.58. The van der Waals surface area contributed by atoms with E-state index < -0.39 is 0 Å². The lowest BCUT2D eigenvalue weighted by Gasteiger charge is -2.06. The number of H-pyrrole nitrogens is 1. The van der Waals surface area contributed by atoms with Crippen LogP contribution in [0, 0.1) is 6.92 Å². The van der Waals surface area contributed by atoms with Gasteiger partial charge in [-0.2, -0.15) is 0 Å². The molecule has 0 saturated carbocycles. The van der Waals surface area contributed by atoms with Crippen molar-refractivity contribution in [1.29, 1.82) is 0 Å². The monoisotopic (exact) mass is 280 g/mol. The molecule has 2 aromatic rings. The highest BCUT2D eigenvalue weighted by molar-refractivity contribution is 7.99. The Morgan fingerprint density at radius 2 is 2.32 bits per heavy atom. The molecule has 2 heterocycles.